The van der Waals surface area contributed by atoms with Gasteiger partial charge < -0.3 is 14.9 Å². The van der Waals surface area contributed by atoms with Crippen LogP contribution in [-0.4, -0.2) is 33.9 Å². The molecule has 0 saturated heterocycles. The Morgan fingerprint density at radius 3 is 2.82 bits per heavy atom. The number of hydrogen-bond acceptors (Lipinski definition) is 5. The van der Waals surface area contributed by atoms with E-state index in [9.17, 15) is 9.59 Å². The zero-order chi connectivity index (χ0) is 12.8. The second kappa shape index (κ2) is 6.29. The first-order valence-electron chi connectivity index (χ1n) is 4.99. The van der Waals surface area contributed by atoms with Crippen LogP contribution >= 0.6 is 11.8 Å². The van der Waals surface area contributed by atoms with E-state index in [1.54, 1.807) is 13.0 Å². The van der Waals surface area contributed by atoms with E-state index in [1.807, 2.05) is 0 Å². The van der Waals surface area contributed by atoms with Crippen molar-refractivity contribution in [2.75, 3.05) is 5.75 Å². The molecule has 0 radical (unpaired) electrons. The van der Waals surface area contributed by atoms with Crippen molar-refractivity contribution < 1.29 is 19.2 Å². The summed E-state index contributed by atoms with van der Waals surface area (Å²) >= 11 is 1.38. The number of hydrogen-bond donors (Lipinski definition) is 2. The third-order valence-corrected chi connectivity index (χ3v) is 2.96. The number of aryl methyl sites for hydroxylation is 1. The summed E-state index contributed by atoms with van der Waals surface area (Å²) in [5.41, 5.74) is 0.763. The largest absolute Gasteiger partial charge is 0.480 e. The molecule has 0 aliphatic carbocycles. The molecule has 1 amide bonds. The van der Waals surface area contributed by atoms with E-state index >= 15 is 0 Å². The Labute approximate surface area is 103 Å². The molecule has 17 heavy (non-hydrogen) atoms. The minimum Gasteiger partial charge on any atom is -0.480 e. The molecule has 0 aliphatic heterocycles. The van der Waals surface area contributed by atoms with Crippen LogP contribution in [0.15, 0.2) is 10.6 Å². The van der Waals surface area contributed by atoms with E-state index in [2.05, 4.69) is 10.5 Å². The number of nitrogens with zero attached hydrogens (tertiary/aromatic N) is 1. The van der Waals surface area contributed by atoms with Gasteiger partial charge in [-0.1, -0.05) is 5.16 Å². The minimum atomic E-state index is -1.04. The van der Waals surface area contributed by atoms with Crippen LogP contribution in [0, 0.1) is 6.92 Å². The van der Waals surface area contributed by atoms with Crippen LogP contribution in [-0.2, 0) is 15.3 Å². The fourth-order valence-electron chi connectivity index (χ4n) is 1.19. The summed E-state index contributed by atoms with van der Waals surface area (Å²) in [5.74, 6) is 0.179. The summed E-state index contributed by atoms with van der Waals surface area (Å²) in [5, 5.41) is 15.0. The van der Waals surface area contributed by atoms with Gasteiger partial charge in [0.15, 0.2) is 0 Å². The van der Waals surface area contributed by atoms with Gasteiger partial charge in [0.05, 0.1) is 5.69 Å². The van der Waals surface area contributed by atoms with Gasteiger partial charge in [-0.15, -0.1) is 0 Å². The van der Waals surface area contributed by atoms with Crippen molar-refractivity contribution in [2.45, 2.75) is 25.6 Å². The van der Waals surface area contributed by atoms with Crippen LogP contribution in [0.1, 0.15) is 18.4 Å². The number of nitrogens with one attached hydrogen (secondary N) is 1. The highest BCUT2D eigenvalue weighted by molar-refractivity contribution is 7.98. The summed E-state index contributed by atoms with van der Waals surface area (Å²) in [7, 11) is 0. The summed E-state index contributed by atoms with van der Waals surface area (Å²) in [6, 6.07) is 0.923. The lowest BCUT2D eigenvalue weighted by Gasteiger charge is -2.11. The van der Waals surface area contributed by atoms with Gasteiger partial charge in [-0.25, -0.2) is 4.79 Å². The summed E-state index contributed by atoms with van der Waals surface area (Å²) in [4.78, 5) is 21.6. The third-order valence-electron chi connectivity index (χ3n) is 1.89. The van der Waals surface area contributed by atoms with Gasteiger partial charge in [-0.05, 0) is 6.92 Å². The van der Waals surface area contributed by atoms with Crippen LogP contribution in [0.5, 0.6) is 0 Å². The molecule has 94 valence electrons. The molecular weight excluding hydrogens is 244 g/mol. The molecule has 6 nitrogen and oxygen atoms in total. The van der Waals surface area contributed by atoms with Gasteiger partial charge >= 0.3 is 5.97 Å². The monoisotopic (exact) mass is 258 g/mol. The zero-order valence-electron chi connectivity index (χ0n) is 9.60. The van der Waals surface area contributed by atoms with Crippen molar-refractivity contribution in [3.63, 3.8) is 0 Å². The molecule has 1 aromatic rings. The SMILES string of the molecule is CC(=O)N[C@@H](CSCc1cc(C)on1)C(=O)O. The molecule has 0 fully saturated rings. The lowest BCUT2D eigenvalue weighted by atomic mass is 10.3. The van der Waals surface area contributed by atoms with Crippen LogP contribution in [0.4, 0.5) is 0 Å². The minimum absolute atomic E-state index is 0.292. The molecule has 1 aromatic heterocycles. The average molecular weight is 258 g/mol. The van der Waals surface area contributed by atoms with Gasteiger partial charge in [0.1, 0.15) is 11.8 Å². The molecule has 1 heterocycles. The first kappa shape index (κ1) is 13.6. The van der Waals surface area contributed by atoms with Gasteiger partial charge in [0.25, 0.3) is 0 Å². The summed E-state index contributed by atoms with van der Waals surface area (Å²) < 4.78 is 4.88. The van der Waals surface area contributed by atoms with E-state index in [0.29, 0.717) is 11.5 Å². The van der Waals surface area contributed by atoms with Gasteiger partial charge in [0, 0.05) is 24.5 Å². The Hall–Kier alpha value is -1.50. The fourth-order valence-corrected chi connectivity index (χ4v) is 2.11. The predicted molar refractivity (Wildman–Crippen MR) is 62.6 cm³/mol. The van der Waals surface area contributed by atoms with E-state index < -0.39 is 12.0 Å². The van der Waals surface area contributed by atoms with E-state index in [-0.39, 0.29) is 5.91 Å². The number of aliphatic carboxylic acids is 1. The molecule has 0 aliphatic rings. The Morgan fingerprint density at radius 1 is 1.65 bits per heavy atom. The first-order chi connectivity index (χ1) is 7.99. The maximum atomic E-state index is 10.8. The fraction of sp³-hybridized carbons (Fsp3) is 0.500. The Bertz CT molecular complexity index is 405. The molecule has 0 spiro atoms. The molecule has 1 atom stereocenters. The maximum Gasteiger partial charge on any atom is 0.327 e. The molecule has 0 aromatic carbocycles. The standard InChI is InChI=1S/C10H14N2O4S/c1-6-3-8(12-16-6)4-17-5-9(10(14)15)11-7(2)13/h3,9H,4-5H2,1-2H3,(H,11,13)(H,14,15)/t9-/m0/s1. The van der Waals surface area contributed by atoms with Gasteiger partial charge in [-0.3, -0.25) is 4.79 Å². The van der Waals surface area contributed by atoms with E-state index in [0.717, 1.165) is 11.5 Å². The smallest absolute Gasteiger partial charge is 0.327 e. The van der Waals surface area contributed by atoms with Crippen molar-refractivity contribution in [1.29, 1.82) is 0 Å². The van der Waals surface area contributed by atoms with Crippen molar-refractivity contribution >= 4 is 23.6 Å². The number of rotatable bonds is 6. The molecule has 1 rings (SSSR count). The Balaban J connectivity index is 2.37. The number of aromatic nitrogens is 1. The number of thioether (sulfide) groups is 1. The molecule has 0 bridgehead atoms. The highest BCUT2D eigenvalue weighted by Gasteiger charge is 2.18. The van der Waals surface area contributed by atoms with Crippen molar-refractivity contribution in [1.82, 2.24) is 10.5 Å². The Morgan fingerprint density at radius 2 is 2.35 bits per heavy atom. The second-order valence-electron chi connectivity index (χ2n) is 3.54. The zero-order valence-corrected chi connectivity index (χ0v) is 10.4. The molecule has 0 saturated carbocycles. The van der Waals surface area contributed by atoms with Crippen molar-refractivity contribution in [3.8, 4) is 0 Å². The van der Waals surface area contributed by atoms with Gasteiger partial charge in [-0.2, -0.15) is 11.8 Å². The first-order valence-corrected chi connectivity index (χ1v) is 6.14. The molecule has 7 heteroatoms. The summed E-state index contributed by atoms with van der Waals surface area (Å²) in [6.45, 7) is 3.08. The van der Waals surface area contributed by atoms with Crippen molar-refractivity contribution in [3.05, 3.63) is 17.5 Å². The summed E-state index contributed by atoms with van der Waals surface area (Å²) in [6.07, 6.45) is 0. The lowest BCUT2D eigenvalue weighted by Crippen LogP contribution is -2.41. The lowest BCUT2D eigenvalue weighted by molar-refractivity contribution is -0.140. The highest BCUT2D eigenvalue weighted by atomic mass is 32.2. The normalized spacial score (nSPS) is 12.1. The average Bonchev–Trinajstić information content (AvgIpc) is 2.62. The molecular formula is C10H14N2O4S. The van der Waals surface area contributed by atoms with Crippen LogP contribution in [0.3, 0.4) is 0 Å². The van der Waals surface area contributed by atoms with Crippen LogP contribution in [0.25, 0.3) is 0 Å². The van der Waals surface area contributed by atoms with Crippen LogP contribution in [0.2, 0.25) is 0 Å². The van der Waals surface area contributed by atoms with Crippen LogP contribution < -0.4 is 5.32 Å². The number of carboxylic acid groups (broad SMARTS) is 1. The topological polar surface area (TPSA) is 92.4 Å². The Kier molecular flexibility index (Phi) is 5.02. The second-order valence-corrected chi connectivity index (χ2v) is 4.57. The molecule has 0 unspecified atom stereocenters. The quantitative estimate of drug-likeness (QED) is 0.784. The van der Waals surface area contributed by atoms with Gasteiger partial charge in [0.2, 0.25) is 5.91 Å². The maximum absolute atomic E-state index is 10.8. The number of carbonyl (C=O) groups excluding carboxylic acids is 1. The third kappa shape index (κ3) is 4.90. The number of carboxylic acids is 1. The molecule has 2 N–H and O–H groups in total. The highest BCUT2D eigenvalue weighted by Crippen LogP contribution is 2.13. The van der Waals surface area contributed by atoms with E-state index in [4.69, 9.17) is 9.63 Å². The number of carbonyl (C=O) groups is 2. The number of amides is 1. The predicted octanol–water partition coefficient (Wildman–Crippen LogP) is 0.806. The van der Waals surface area contributed by atoms with E-state index in [1.165, 1.54) is 18.7 Å². The van der Waals surface area contributed by atoms with Crippen molar-refractivity contribution in [2.24, 2.45) is 0 Å².